The molecule has 1 aliphatic rings. The van der Waals surface area contributed by atoms with Crippen LogP contribution in [0.25, 0.3) is 22.8 Å². The van der Waals surface area contributed by atoms with Crippen molar-refractivity contribution in [2.75, 3.05) is 10.2 Å². The number of carbonyl (C=O) groups excluding carboxylic acids is 1. The molecule has 0 saturated heterocycles. The second-order valence-electron chi connectivity index (χ2n) is 8.46. The number of nitrogens with one attached hydrogen (secondary N) is 1. The number of carboxylic acids is 1. The molecular formula is C30H20F2N2O4. The normalized spacial score (nSPS) is 13.8. The Morgan fingerprint density at radius 2 is 1.66 bits per heavy atom. The zero-order chi connectivity index (χ0) is 26.8. The lowest BCUT2D eigenvalue weighted by atomic mass is 10.0. The van der Waals surface area contributed by atoms with Crippen LogP contribution in [0.1, 0.15) is 21.5 Å². The number of fused-ring (bicyclic) bond motifs is 1. The molecule has 0 saturated carbocycles. The first-order valence-electron chi connectivity index (χ1n) is 11.5. The van der Waals surface area contributed by atoms with E-state index in [1.165, 1.54) is 41.6 Å². The maximum Gasteiger partial charge on any atom is 0.335 e. The van der Waals surface area contributed by atoms with E-state index in [0.29, 0.717) is 33.6 Å². The van der Waals surface area contributed by atoms with Gasteiger partial charge in [0, 0.05) is 35.2 Å². The van der Waals surface area contributed by atoms with E-state index in [1.54, 1.807) is 54.6 Å². The third-order valence-electron chi connectivity index (χ3n) is 6.10. The summed E-state index contributed by atoms with van der Waals surface area (Å²) in [6.45, 7) is 0. The highest BCUT2D eigenvalue weighted by Crippen LogP contribution is 2.39. The smallest absolute Gasteiger partial charge is 0.335 e. The topological polar surface area (TPSA) is 89.9 Å². The summed E-state index contributed by atoms with van der Waals surface area (Å²) in [4.78, 5) is 26.0. The maximum absolute atomic E-state index is 14.1. The van der Waals surface area contributed by atoms with Crippen molar-refractivity contribution >= 4 is 34.9 Å². The number of phenolic OH excluding ortho intramolecular Hbond substituents is 1. The Morgan fingerprint density at radius 3 is 2.45 bits per heavy atom. The summed E-state index contributed by atoms with van der Waals surface area (Å²) in [5.74, 6) is -3.02. The van der Waals surface area contributed by atoms with E-state index in [9.17, 15) is 28.6 Å². The van der Waals surface area contributed by atoms with Gasteiger partial charge in [-0.2, -0.15) is 0 Å². The number of para-hydroxylation sites is 2. The summed E-state index contributed by atoms with van der Waals surface area (Å²) in [6, 6.07) is 21.4. The van der Waals surface area contributed by atoms with Gasteiger partial charge in [0.2, 0.25) is 0 Å². The molecule has 1 heterocycles. The van der Waals surface area contributed by atoms with Gasteiger partial charge in [-0.3, -0.25) is 9.69 Å². The first kappa shape index (κ1) is 24.5. The average molecular weight is 510 g/mol. The summed E-state index contributed by atoms with van der Waals surface area (Å²) in [6.07, 6.45) is 4.28. The zero-order valence-corrected chi connectivity index (χ0v) is 19.7. The van der Waals surface area contributed by atoms with Gasteiger partial charge in [0.15, 0.2) is 0 Å². The van der Waals surface area contributed by atoms with Crippen LogP contribution in [0, 0.1) is 11.6 Å². The molecule has 1 aliphatic heterocycles. The minimum atomic E-state index is -1.08. The van der Waals surface area contributed by atoms with Crippen LogP contribution < -0.4 is 10.2 Å². The minimum Gasteiger partial charge on any atom is -0.505 e. The van der Waals surface area contributed by atoms with Gasteiger partial charge >= 0.3 is 5.97 Å². The van der Waals surface area contributed by atoms with E-state index in [-0.39, 0.29) is 22.8 Å². The summed E-state index contributed by atoms with van der Waals surface area (Å²) in [7, 11) is 0. The molecule has 188 valence electrons. The van der Waals surface area contributed by atoms with Crippen LogP contribution in [0.2, 0.25) is 0 Å². The molecule has 0 unspecified atom stereocenters. The Bertz CT molecular complexity index is 1650. The molecule has 38 heavy (non-hydrogen) atoms. The summed E-state index contributed by atoms with van der Waals surface area (Å²) in [5, 5.41) is 23.2. The van der Waals surface area contributed by atoms with Gasteiger partial charge in [-0.25, -0.2) is 13.6 Å². The van der Waals surface area contributed by atoms with Crippen molar-refractivity contribution in [2.45, 2.75) is 0 Å². The molecule has 1 amide bonds. The Balaban J connectivity index is 1.45. The van der Waals surface area contributed by atoms with Crippen LogP contribution in [0.5, 0.6) is 5.75 Å². The number of nitrogens with zero attached hydrogens (tertiary/aromatic N) is 1. The predicted molar refractivity (Wildman–Crippen MR) is 141 cm³/mol. The van der Waals surface area contributed by atoms with Gasteiger partial charge in [0.1, 0.15) is 17.4 Å². The largest absolute Gasteiger partial charge is 0.505 e. The quantitative estimate of drug-likeness (QED) is 0.203. The summed E-state index contributed by atoms with van der Waals surface area (Å²) < 4.78 is 27.3. The van der Waals surface area contributed by atoms with Gasteiger partial charge in [-0.05, 0) is 48.0 Å². The van der Waals surface area contributed by atoms with Crippen LogP contribution in [0.15, 0.2) is 97.3 Å². The predicted octanol–water partition coefficient (Wildman–Crippen LogP) is 6.51. The van der Waals surface area contributed by atoms with Gasteiger partial charge < -0.3 is 15.5 Å². The molecular weight excluding hydrogens is 490 g/mol. The molecule has 0 fully saturated rings. The number of halogens is 2. The Morgan fingerprint density at radius 1 is 0.895 bits per heavy atom. The van der Waals surface area contributed by atoms with E-state index >= 15 is 0 Å². The lowest BCUT2D eigenvalue weighted by Crippen LogP contribution is -2.19. The molecule has 0 atom stereocenters. The molecule has 4 aromatic carbocycles. The van der Waals surface area contributed by atoms with E-state index in [0.717, 1.165) is 12.1 Å². The minimum absolute atomic E-state index is 0.0872. The number of benzene rings is 4. The van der Waals surface area contributed by atoms with Crippen molar-refractivity contribution in [3.05, 3.63) is 126 Å². The molecule has 3 N–H and O–H groups in total. The second-order valence-corrected chi connectivity index (χ2v) is 8.46. The van der Waals surface area contributed by atoms with Gasteiger partial charge in [-0.15, -0.1) is 0 Å². The van der Waals surface area contributed by atoms with Crippen LogP contribution in [-0.2, 0) is 4.79 Å². The lowest BCUT2D eigenvalue weighted by Gasteiger charge is -2.12. The number of hydrogen-bond acceptors (Lipinski definition) is 4. The number of phenols is 1. The number of carboxylic acid groups (broad SMARTS) is 1. The van der Waals surface area contributed by atoms with E-state index in [2.05, 4.69) is 5.32 Å². The molecule has 4 aromatic rings. The monoisotopic (exact) mass is 510 g/mol. The molecule has 0 aliphatic carbocycles. The number of aromatic carboxylic acids is 1. The number of carbonyl (C=O) groups is 2. The fourth-order valence-corrected chi connectivity index (χ4v) is 4.21. The highest BCUT2D eigenvalue weighted by molar-refractivity contribution is 6.33. The number of amides is 1. The highest BCUT2D eigenvalue weighted by Gasteiger charge is 2.31. The SMILES string of the molecule is O=C(O)c1cccc(-c2cccc(N/C=C3\C(=O)N(/C=C/c4ccc(F)cc4F)c4ccccc43)c2O)c1. The van der Waals surface area contributed by atoms with Crippen LogP contribution in [-0.4, -0.2) is 22.1 Å². The second kappa shape index (κ2) is 10.0. The Kier molecular flexibility index (Phi) is 6.45. The van der Waals surface area contributed by atoms with Crippen molar-refractivity contribution in [1.82, 2.24) is 0 Å². The van der Waals surface area contributed by atoms with Crippen molar-refractivity contribution in [1.29, 1.82) is 0 Å². The maximum atomic E-state index is 14.1. The van der Waals surface area contributed by atoms with Crippen molar-refractivity contribution in [3.8, 4) is 16.9 Å². The van der Waals surface area contributed by atoms with Crippen molar-refractivity contribution < 1.29 is 28.6 Å². The fourth-order valence-electron chi connectivity index (χ4n) is 4.21. The third kappa shape index (κ3) is 4.62. The van der Waals surface area contributed by atoms with E-state index < -0.39 is 17.6 Å². The Labute approximate surface area is 216 Å². The molecule has 0 bridgehead atoms. The molecule has 0 aromatic heterocycles. The zero-order valence-electron chi connectivity index (χ0n) is 19.7. The molecule has 6 nitrogen and oxygen atoms in total. The number of aromatic hydroxyl groups is 1. The lowest BCUT2D eigenvalue weighted by molar-refractivity contribution is -0.112. The first-order valence-corrected chi connectivity index (χ1v) is 11.5. The molecule has 0 spiro atoms. The van der Waals surface area contributed by atoms with E-state index in [1.807, 2.05) is 0 Å². The van der Waals surface area contributed by atoms with Crippen molar-refractivity contribution in [3.63, 3.8) is 0 Å². The molecule has 5 rings (SSSR count). The van der Waals surface area contributed by atoms with Crippen LogP contribution >= 0.6 is 0 Å². The van der Waals surface area contributed by atoms with Crippen molar-refractivity contribution in [2.24, 2.45) is 0 Å². The summed E-state index contributed by atoms with van der Waals surface area (Å²) >= 11 is 0. The third-order valence-corrected chi connectivity index (χ3v) is 6.10. The molecule has 0 radical (unpaired) electrons. The standard InChI is InChI=1S/C30H20F2N2O4/c31-21-12-11-18(25(32)16-21)13-14-34-27-10-2-1-7-23(27)24(29(34)36)17-33-26-9-4-8-22(28(26)35)19-5-3-6-20(15-19)30(37)38/h1-17,33,35H,(H,37,38)/b14-13+,24-17-. The highest BCUT2D eigenvalue weighted by atomic mass is 19.1. The first-order chi connectivity index (χ1) is 18.3. The Hall–Kier alpha value is -5.24. The van der Waals surface area contributed by atoms with Gasteiger partial charge in [0.25, 0.3) is 5.91 Å². The fraction of sp³-hybridized carbons (Fsp3) is 0. The van der Waals surface area contributed by atoms with Crippen LogP contribution in [0.3, 0.4) is 0 Å². The van der Waals surface area contributed by atoms with Gasteiger partial charge in [0.05, 0.1) is 22.5 Å². The summed E-state index contributed by atoms with van der Waals surface area (Å²) in [5.41, 5.74) is 2.97. The van der Waals surface area contributed by atoms with Crippen LogP contribution in [0.4, 0.5) is 20.2 Å². The number of rotatable bonds is 6. The number of hydrogen-bond donors (Lipinski definition) is 3. The number of anilines is 2. The average Bonchev–Trinajstić information content (AvgIpc) is 3.18. The van der Waals surface area contributed by atoms with E-state index in [4.69, 9.17) is 0 Å². The molecule has 8 heteroatoms. The van der Waals surface area contributed by atoms with Gasteiger partial charge in [-0.1, -0.05) is 42.5 Å².